The summed E-state index contributed by atoms with van der Waals surface area (Å²) in [6, 6.07) is 9.62. The zero-order valence-corrected chi connectivity index (χ0v) is 5.00. The van der Waals surface area contributed by atoms with Crippen molar-refractivity contribution in [2.24, 2.45) is 0 Å². The van der Waals surface area contributed by atoms with Crippen molar-refractivity contribution in [1.29, 1.82) is 0 Å². The lowest BCUT2D eigenvalue weighted by Gasteiger charge is -1.89. The Kier molecular flexibility index (Phi) is 0.836. The molecule has 1 aliphatic rings. The van der Waals surface area contributed by atoms with E-state index in [4.69, 9.17) is 6.11 Å². The van der Waals surface area contributed by atoms with Gasteiger partial charge in [0.1, 0.15) is 6.08 Å². The third-order valence-corrected chi connectivity index (χ3v) is 1.38. The van der Waals surface area contributed by atoms with Gasteiger partial charge in [0, 0.05) is 0 Å². The maximum Gasteiger partial charge on any atom is 0.106 e. The zero-order valence-electron chi connectivity index (χ0n) is 6.00. The fraction of sp³-hybridized carbons (Fsp3) is 0.250. The first kappa shape index (κ1) is 4.07. The van der Waals surface area contributed by atoms with Crippen molar-refractivity contribution in [3.8, 4) is 0 Å². The molecule has 1 fully saturated rings. The minimum Gasteiger partial charge on any atom is -0.368 e. The quantitative estimate of drug-likeness (QED) is 0.516. The van der Waals surface area contributed by atoms with E-state index in [1.54, 1.807) is 0 Å². The molecule has 46 valence electrons. The average Bonchev–Trinajstić information content (AvgIpc) is 2.72. The topological polar surface area (TPSA) is 12.5 Å². The van der Waals surface area contributed by atoms with E-state index in [9.17, 15) is 0 Å². The minimum absolute atomic E-state index is 0.539. The summed E-state index contributed by atoms with van der Waals surface area (Å²) in [6.07, 6.45) is -0.707. The fourth-order valence-electron chi connectivity index (χ4n) is 0.827. The van der Waals surface area contributed by atoms with E-state index in [1.165, 1.54) is 0 Å². The van der Waals surface area contributed by atoms with Gasteiger partial charge in [-0.3, -0.25) is 0 Å². The van der Waals surface area contributed by atoms with Crippen LogP contribution in [0, 0.1) is 0 Å². The van der Waals surface area contributed by atoms with Crippen molar-refractivity contribution < 1.29 is 6.11 Å². The van der Waals surface area contributed by atoms with Crippen molar-refractivity contribution in [2.45, 2.75) is 6.08 Å². The lowest BCUT2D eigenvalue weighted by atomic mass is 10.2. The smallest absolute Gasteiger partial charge is 0.106 e. The Hall–Kier alpha value is -0.820. The van der Waals surface area contributed by atoms with Gasteiger partial charge in [-0.15, -0.1) is 0 Å². The van der Waals surface area contributed by atoms with Gasteiger partial charge >= 0.3 is 0 Å². The molecule has 0 spiro atoms. The summed E-state index contributed by atoms with van der Waals surface area (Å²) in [6.45, 7) is 0.539. The molecule has 0 aromatic heterocycles. The summed E-state index contributed by atoms with van der Waals surface area (Å²) in [7, 11) is 0. The maximum atomic E-state index is 7.56. The molecule has 1 aliphatic heterocycles. The molecule has 9 heavy (non-hydrogen) atoms. The Morgan fingerprint density at radius 2 is 2.11 bits per heavy atom. The Balaban J connectivity index is 2.35. The number of benzene rings is 1. The summed E-state index contributed by atoms with van der Waals surface area (Å²) in [5, 5.41) is 0. The monoisotopic (exact) mass is 121 g/mol. The summed E-state index contributed by atoms with van der Waals surface area (Å²) in [5.74, 6) is 0. The van der Waals surface area contributed by atoms with Crippen molar-refractivity contribution in [3.63, 3.8) is 0 Å². The molecule has 0 amide bonds. The van der Waals surface area contributed by atoms with Crippen molar-refractivity contribution >= 4 is 0 Å². The normalized spacial score (nSPS) is 33.6. The van der Waals surface area contributed by atoms with Crippen LogP contribution in [-0.2, 0) is 4.74 Å². The molecular formula is C8H8O. The average molecular weight is 121 g/mol. The SMILES string of the molecule is [2H][C@]1(c2ccccc2)CO1. The molecule has 1 heteroatoms. The van der Waals surface area contributed by atoms with Crippen LogP contribution in [0.2, 0.25) is 0 Å². The van der Waals surface area contributed by atoms with Crippen LogP contribution in [0.15, 0.2) is 30.3 Å². The van der Waals surface area contributed by atoms with Crippen molar-refractivity contribution in [2.75, 3.05) is 6.61 Å². The number of hydrogen-bond donors (Lipinski definition) is 0. The number of rotatable bonds is 1. The molecule has 1 saturated heterocycles. The molecule has 1 heterocycles. The summed E-state index contributed by atoms with van der Waals surface area (Å²) >= 11 is 0. The third-order valence-electron chi connectivity index (χ3n) is 1.38. The molecule has 0 aliphatic carbocycles. The van der Waals surface area contributed by atoms with Crippen LogP contribution in [0.1, 0.15) is 13.0 Å². The van der Waals surface area contributed by atoms with Crippen LogP contribution in [0.25, 0.3) is 0 Å². The van der Waals surface area contributed by atoms with E-state index in [0.717, 1.165) is 5.56 Å². The van der Waals surface area contributed by atoms with Gasteiger partial charge in [-0.2, -0.15) is 0 Å². The number of epoxide rings is 1. The molecular weight excluding hydrogens is 112 g/mol. The van der Waals surface area contributed by atoms with Crippen LogP contribution in [0.3, 0.4) is 0 Å². The van der Waals surface area contributed by atoms with Crippen LogP contribution in [-0.4, -0.2) is 6.61 Å². The second-order valence-electron chi connectivity index (χ2n) is 2.08. The van der Waals surface area contributed by atoms with E-state index in [0.29, 0.717) is 6.61 Å². The first-order chi connectivity index (χ1) is 4.81. The zero-order chi connectivity index (χ0) is 7.03. The van der Waals surface area contributed by atoms with Gasteiger partial charge in [-0.1, -0.05) is 30.3 Å². The standard InChI is InChI=1S/C8H8O/c1-2-4-7(5-3-1)8-6-9-8/h1-5,8H,6H2/t8-/m1/s1/i8D. The van der Waals surface area contributed by atoms with Gasteiger partial charge in [-0.25, -0.2) is 0 Å². The minimum atomic E-state index is -0.707. The second kappa shape index (κ2) is 1.85. The van der Waals surface area contributed by atoms with E-state index in [1.807, 2.05) is 30.3 Å². The summed E-state index contributed by atoms with van der Waals surface area (Å²) in [4.78, 5) is 0. The van der Waals surface area contributed by atoms with E-state index < -0.39 is 6.08 Å². The second-order valence-corrected chi connectivity index (χ2v) is 2.08. The number of hydrogen-bond acceptors (Lipinski definition) is 1. The molecule has 0 unspecified atom stereocenters. The molecule has 0 radical (unpaired) electrons. The van der Waals surface area contributed by atoms with Crippen LogP contribution >= 0.6 is 0 Å². The Morgan fingerprint density at radius 1 is 1.44 bits per heavy atom. The first-order valence-electron chi connectivity index (χ1n) is 3.51. The van der Waals surface area contributed by atoms with Gasteiger partial charge in [0.25, 0.3) is 0 Å². The highest BCUT2D eigenvalue weighted by Gasteiger charge is 2.23. The Morgan fingerprint density at radius 3 is 2.67 bits per heavy atom. The Labute approximate surface area is 55.7 Å². The molecule has 0 saturated carbocycles. The van der Waals surface area contributed by atoms with E-state index in [2.05, 4.69) is 0 Å². The Bertz CT molecular complexity index is 228. The first-order valence-corrected chi connectivity index (χ1v) is 3.01. The van der Waals surface area contributed by atoms with Gasteiger partial charge in [0.05, 0.1) is 7.98 Å². The van der Waals surface area contributed by atoms with E-state index >= 15 is 0 Å². The highest BCUT2D eigenvalue weighted by atomic mass is 16.6. The molecule has 0 N–H and O–H groups in total. The van der Waals surface area contributed by atoms with Gasteiger partial charge < -0.3 is 4.74 Å². The molecule has 1 nitrogen and oxygen atoms in total. The number of ether oxygens (including phenoxy) is 1. The third kappa shape index (κ3) is 0.958. The molecule has 1 atom stereocenters. The predicted molar refractivity (Wildman–Crippen MR) is 35.1 cm³/mol. The summed E-state index contributed by atoms with van der Waals surface area (Å²) < 4.78 is 12.5. The fourth-order valence-corrected chi connectivity index (χ4v) is 0.827. The molecule has 0 bridgehead atoms. The van der Waals surface area contributed by atoms with Gasteiger partial charge in [0.2, 0.25) is 0 Å². The lowest BCUT2D eigenvalue weighted by molar-refractivity contribution is 0.415. The largest absolute Gasteiger partial charge is 0.368 e. The lowest BCUT2D eigenvalue weighted by Crippen LogP contribution is -1.75. The van der Waals surface area contributed by atoms with Crippen molar-refractivity contribution in [1.82, 2.24) is 0 Å². The van der Waals surface area contributed by atoms with Gasteiger partial charge in [-0.05, 0) is 5.56 Å². The van der Waals surface area contributed by atoms with Crippen molar-refractivity contribution in [3.05, 3.63) is 35.9 Å². The van der Waals surface area contributed by atoms with Crippen LogP contribution in [0.5, 0.6) is 0 Å². The van der Waals surface area contributed by atoms with Crippen LogP contribution in [0.4, 0.5) is 0 Å². The molecule has 1 aromatic carbocycles. The van der Waals surface area contributed by atoms with Gasteiger partial charge in [0.15, 0.2) is 0 Å². The predicted octanol–water partition coefficient (Wildman–Crippen LogP) is 1.76. The highest BCUT2D eigenvalue weighted by Crippen LogP contribution is 2.28. The molecule has 1 aromatic rings. The highest BCUT2D eigenvalue weighted by molar-refractivity contribution is 5.19. The van der Waals surface area contributed by atoms with Crippen LogP contribution < -0.4 is 0 Å². The summed E-state index contributed by atoms with van der Waals surface area (Å²) in [5.41, 5.74) is 0.954. The maximum absolute atomic E-state index is 7.56. The van der Waals surface area contributed by atoms with E-state index in [-0.39, 0.29) is 0 Å². The molecule has 2 rings (SSSR count).